The molecule has 1 saturated carbocycles. The van der Waals surface area contributed by atoms with Gasteiger partial charge in [-0.25, -0.2) is 9.78 Å². The fraction of sp³-hybridized carbons (Fsp3) is 0.429. The summed E-state index contributed by atoms with van der Waals surface area (Å²) in [5.41, 5.74) is 3.14. The predicted octanol–water partition coefficient (Wildman–Crippen LogP) is 4.61. The van der Waals surface area contributed by atoms with E-state index in [2.05, 4.69) is 19.2 Å². The third kappa shape index (κ3) is 3.51. The molecule has 0 bridgehead atoms. The molecule has 2 N–H and O–H groups in total. The molecule has 1 aromatic carbocycles. The van der Waals surface area contributed by atoms with Crippen molar-refractivity contribution in [3.8, 4) is 0 Å². The van der Waals surface area contributed by atoms with Gasteiger partial charge in [-0.15, -0.1) is 11.3 Å². The van der Waals surface area contributed by atoms with Gasteiger partial charge in [0, 0.05) is 40.4 Å². The van der Waals surface area contributed by atoms with Gasteiger partial charge < -0.3 is 15.0 Å². The molecule has 4 rings (SSSR count). The molecule has 5 nitrogen and oxygen atoms in total. The van der Waals surface area contributed by atoms with Crippen molar-refractivity contribution >= 4 is 28.2 Å². The molecule has 3 aromatic rings. The molecule has 2 aromatic heterocycles. The van der Waals surface area contributed by atoms with Crippen molar-refractivity contribution in [2.24, 2.45) is 0 Å². The molecule has 0 spiro atoms. The fourth-order valence-corrected chi connectivity index (χ4v) is 4.47. The Labute approximate surface area is 163 Å². The van der Waals surface area contributed by atoms with Gasteiger partial charge in [0.15, 0.2) is 0 Å². The van der Waals surface area contributed by atoms with E-state index < -0.39 is 5.97 Å². The number of hydrogen-bond donors (Lipinski definition) is 2. The average molecular weight is 384 g/mol. The van der Waals surface area contributed by atoms with Crippen LogP contribution in [0.4, 0.5) is 0 Å². The van der Waals surface area contributed by atoms with Gasteiger partial charge in [-0.2, -0.15) is 0 Å². The van der Waals surface area contributed by atoms with Gasteiger partial charge in [0.2, 0.25) is 0 Å². The number of carbonyl (C=O) groups is 1. The molecule has 142 valence electrons. The van der Waals surface area contributed by atoms with E-state index >= 15 is 0 Å². The van der Waals surface area contributed by atoms with Crippen molar-refractivity contribution in [1.82, 2.24) is 14.9 Å². The molecule has 0 radical (unpaired) electrons. The van der Waals surface area contributed by atoms with Crippen LogP contribution in [0.25, 0.3) is 10.9 Å². The quantitative estimate of drug-likeness (QED) is 0.625. The van der Waals surface area contributed by atoms with Crippen molar-refractivity contribution in [3.63, 3.8) is 0 Å². The Hall–Kier alpha value is -2.18. The zero-order valence-corrected chi connectivity index (χ0v) is 16.6. The van der Waals surface area contributed by atoms with Crippen molar-refractivity contribution in [2.45, 2.75) is 58.2 Å². The van der Waals surface area contributed by atoms with Gasteiger partial charge in [0.1, 0.15) is 5.69 Å². The van der Waals surface area contributed by atoms with Crippen molar-refractivity contribution in [1.29, 1.82) is 0 Å². The maximum Gasteiger partial charge on any atom is 0.352 e. The number of carboxylic acids is 1. The molecule has 2 heterocycles. The van der Waals surface area contributed by atoms with Gasteiger partial charge in [0.25, 0.3) is 0 Å². The van der Waals surface area contributed by atoms with E-state index in [0.717, 1.165) is 27.2 Å². The van der Waals surface area contributed by atoms with Crippen LogP contribution >= 0.6 is 11.3 Å². The van der Waals surface area contributed by atoms with Crippen LogP contribution in [0, 0.1) is 0 Å². The Morgan fingerprint density at radius 2 is 2.15 bits per heavy atom. The lowest BCUT2D eigenvalue weighted by atomic mass is 9.93. The highest BCUT2D eigenvalue weighted by atomic mass is 32.1. The molecule has 0 saturated heterocycles. The number of nitrogens with one attached hydrogen (secondary N) is 1. The number of fused-ring (bicyclic) bond motifs is 1. The summed E-state index contributed by atoms with van der Waals surface area (Å²) in [6, 6.07) is 8.49. The van der Waals surface area contributed by atoms with Crippen LogP contribution in [0.1, 0.15) is 65.8 Å². The molecule has 6 heteroatoms. The van der Waals surface area contributed by atoms with E-state index in [4.69, 9.17) is 4.98 Å². The summed E-state index contributed by atoms with van der Waals surface area (Å²) in [4.78, 5) is 16.9. The summed E-state index contributed by atoms with van der Waals surface area (Å²) in [5, 5.41) is 17.7. The molecule has 0 unspecified atom stereocenters. The van der Waals surface area contributed by atoms with Crippen LogP contribution in [0.15, 0.2) is 29.6 Å². The summed E-state index contributed by atoms with van der Waals surface area (Å²) in [7, 11) is 0. The highest BCUT2D eigenvalue weighted by Gasteiger charge is 2.24. The van der Waals surface area contributed by atoms with Crippen molar-refractivity contribution in [3.05, 3.63) is 51.6 Å². The minimum Gasteiger partial charge on any atom is -0.477 e. The fourth-order valence-electron chi connectivity index (χ4n) is 3.64. The molecule has 1 fully saturated rings. The van der Waals surface area contributed by atoms with Gasteiger partial charge in [-0.1, -0.05) is 38.5 Å². The minimum absolute atomic E-state index is 0.377. The van der Waals surface area contributed by atoms with Crippen LogP contribution in [0.5, 0.6) is 0 Å². The van der Waals surface area contributed by atoms with Crippen LogP contribution in [0.2, 0.25) is 0 Å². The molecular weight excluding hydrogens is 358 g/mol. The topological polar surface area (TPSA) is 67.2 Å². The standard InChI is InChI=1S/C21H25N3O2S/c1-13(2)20-23-15(12-27-20)11-24-18-9-4-3-8-16(18)17(19(24)21(25)26)10-22-14-6-5-7-14/h3-4,8-9,12-14,22H,5-7,10-11H2,1-2H3,(H,25,26). The van der Waals surface area contributed by atoms with Crippen LogP contribution in [0.3, 0.4) is 0 Å². The maximum atomic E-state index is 12.2. The number of aromatic nitrogens is 2. The summed E-state index contributed by atoms with van der Waals surface area (Å²) in [6.45, 7) is 5.32. The predicted molar refractivity (Wildman–Crippen MR) is 109 cm³/mol. The van der Waals surface area contributed by atoms with Gasteiger partial charge in [-0.05, 0) is 18.9 Å². The van der Waals surface area contributed by atoms with E-state index in [1.54, 1.807) is 11.3 Å². The third-order valence-electron chi connectivity index (χ3n) is 5.33. The van der Waals surface area contributed by atoms with Crippen LogP contribution in [-0.2, 0) is 13.1 Å². The van der Waals surface area contributed by atoms with Crippen molar-refractivity contribution in [2.75, 3.05) is 0 Å². The summed E-state index contributed by atoms with van der Waals surface area (Å²) < 4.78 is 1.91. The summed E-state index contributed by atoms with van der Waals surface area (Å²) >= 11 is 1.64. The molecule has 27 heavy (non-hydrogen) atoms. The molecule has 0 amide bonds. The van der Waals surface area contributed by atoms with Gasteiger partial charge in [0.05, 0.1) is 17.2 Å². The first kappa shape index (κ1) is 18.2. The van der Waals surface area contributed by atoms with E-state index in [1.165, 1.54) is 19.3 Å². The smallest absolute Gasteiger partial charge is 0.352 e. The number of para-hydroxylation sites is 1. The zero-order chi connectivity index (χ0) is 19.0. The second kappa shape index (κ2) is 7.44. The Morgan fingerprint density at radius 1 is 1.37 bits per heavy atom. The average Bonchev–Trinajstić information content (AvgIpc) is 3.18. The maximum absolute atomic E-state index is 12.2. The lowest BCUT2D eigenvalue weighted by molar-refractivity contribution is 0.0684. The van der Waals surface area contributed by atoms with E-state index in [9.17, 15) is 9.90 Å². The third-order valence-corrected chi connectivity index (χ3v) is 6.53. The Morgan fingerprint density at radius 3 is 2.78 bits per heavy atom. The monoisotopic (exact) mass is 383 g/mol. The first-order chi connectivity index (χ1) is 13.0. The molecule has 1 aliphatic carbocycles. The lowest BCUT2D eigenvalue weighted by Gasteiger charge is -2.26. The molecule has 0 atom stereocenters. The van der Waals surface area contributed by atoms with Crippen LogP contribution in [-0.4, -0.2) is 26.7 Å². The van der Waals surface area contributed by atoms with E-state index in [1.807, 2.05) is 34.2 Å². The number of aromatic carboxylic acids is 1. The first-order valence-electron chi connectivity index (χ1n) is 9.55. The van der Waals surface area contributed by atoms with Gasteiger partial charge >= 0.3 is 5.97 Å². The Balaban J connectivity index is 1.75. The second-order valence-corrected chi connectivity index (χ2v) is 8.47. The molecule has 1 aliphatic rings. The number of hydrogen-bond acceptors (Lipinski definition) is 4. The normalized spacial score (nSPS) is 14.8. The Kier molecular flexibility index (Phi) is 5.02. The highest BCUT2D eigenvalue weighted by molar-refractivity contribution is 7.09. The first-order valence-corrected chi connectivity index (χ1v) is 10.4. The zero-order valence-electron chi connectivity index (χ0n) is 15.7. The molecule has 0 aliphatic heterocycles. The number of carboxylic acid groups (broad SMARTS) is 1. The van der Waals surface area contributed by atoms with E-state index in [-0.39, 0.29) is 0 Å². The largest absolute Gasteiger partial charge is 0.477 e. The van der Waals surface area contributed by atoms with Crippen molar-refractivity contribution < 1.29 is 9.90 Å². The van der Waals surface area contributed by atoms with E-state index in [0.29, 0.717) is 30.7 Å². The highest BCUT2D eigenvalue weighted by Crippen LogP contribution is 2.29. The number of rotatable bonds is 7. The number of benzene rings is 1. The summed E-state index contributed by atoms with van der Waals surface area (Å²) in [6.07, 6.45) is 3.61. The van der Waals surface area contributed by atoms with Gasteiger partial charge in [-0.3, -0.25) is 0 Å². The molecular formula is C21H25N3O2S. The minimum atomic E-state index is -0.879. The summed E-state index contributed by atoms with van der Waals surface area (Å²) in [5.74, 6) is -0.498. The number of thiazole rings is 1. The SMILES string of the molecule is CC(C)c1nc(Cn2c(C(=O)O)c(CNC3CCC3)c3ccccc32)cs1. The second-order valence-electron chi connectivity index (χ2n) is 7.58. The number of nitrogens with zero attached hydrogens (tertiary/aromatic N) is 2. The van der Waals surface area contributed by atoms with Crippen LogP contribution < -0.4 is 5.32 Å². The lowest BCUT2D eigenvalue weighted by Crippen LogP contribution is -2.34. The Bertz CT molecular complexity index is 969.